The summed E-state index contributed by atoms with van der Waals surface area (Å²) in [7, 11) is -3.98. The molecule has 5 nitrogen and oxygen atoms in total. The van der Waals surface area contributed by atoms with Crippen LogP contribution in [0.4, 0.5) is 18.9 Å². The van der Waals surface area contributed by atoms with Crippen LogP contribution >= 0.6 is 11.6 Å². The van der Waals surface area contributed by atoms with Crippen LogP contribution in [0.25, 0.3) is 0 Å². The van der Waals surface area contributed by atoms with Gasteiger partial charge in [-0.1, -0.05) is 11.6 Å². The molecule has 10 heteroatoms. The van der Waals surface area contributed by atoms with Gasteiger partial charge in [-0.05, 0) is 31.0 Å². The number of carbonyl (C=O) groups is 2. The van der Waals surface area contributed by atoms with Crippen molar-refractivity contribution in [2.45, 2.75) is 35.8 Å². The molecular formula is C19H15ClF3NO4S. The van der Waals surface area contributed by atoms with Crippen LogP contribution in [-0.2, 0) is 14.6 Å². The summed E-state index contributed by atoms with van der Waals surface area (Å²) in [6.07, 6.45) is 0.952. The van der Waals surface area contributed by atoms with Gasteiger partial charge in [-0.25, -0.2) is 21.6 Å². The molecule has 154 valence electrons. The van der Waals surface area contributed by atoms with Gasteiger partial charge in [0.2, 0.25) is 0 Å². The van der Waals surface area contributed by atoms with E-state index >= 15 is 0 Å². The van der Waals surface area contributed by atoms with Crippen LogP contribution in [-0.4, -0.2) is 25.4 Å². The molecule has 0 radical (unpaired) electrons. The highest BCUT2D eigenvalue weighted by molar-refractivity contribution is 7.92. The van der Waals surface area contributed by atoms with Gasteiger partial charge < -0.3 is 5.32 Å². The zero-order valence-electron chi connectivity index (χ0n) is 14.8. The highest BCUT2D eigenvalue weighted by atomic mass is 35.5. The van der Waals surface area contributed by atoms with Crippen molar-refractivity contribution in [3.63, 3.8) is 0 Å². The molecule has 1 amide bonds. The quantitative estimate of drug-likeness (QED) is 0.712. The molecule has 1 atom stereocenters. The first-order valence-corrected chi connectivity index (χ1v) is 10.5. The maximum absolute atomic E-state index is 13.3. The van der Waals surface area contributed by atoms with Crippen LogP contribution in [0.15, 0.2) is 35.2 Å². The molecule has 0 spiro atoms. The van der Waals surface area contributed by atoms with Gasteiger partial charge in [0.25, 0.3) is 5.91 Å². The maximum atomic E-state index is 13.3. The first-order chi connectivity index (χ1) is 13.6. The monoisotopic (exact) mass is 445 g/mol. The summed E-state index contributed by atoms with van der Waals surface area (Å²) in [5, 5.41) is 1.13. The lowest BCUT2D eigenvalue weighted by Gasteiger charge is -2.21. The number of carbonyl (C=O) groups excluding carboxylic acids is 2. The largest absolute Gasteiger partial charge is 0.322 e. The summed E-state index contributed by atoms with van der Waals surface area (Å²) in [6, 6.07) is 4.68. The van der Waals surface area contributed by atoms with Gasteiger partial charge in [0.05, 0.1) is 15.2 Å². The van der Waals surface area contributed by atoms with Gasteiger partial charge in [-0.3, -0.25) is 9.59 Å². The van der Waals surface area contributed by atoms with Crippen molar-refractivity contribution >= 4 is 38.8 Å². The molecule has 1 aliphatic rings. The van der Waals surface area contributed by atoms with E-state index < -0.39 is 38.4 Å². The van der Waals surface area contributed by atoms with Gasteiger partial charge >= 0.3 is 0 Å². The molecule has 3 rings (SSSR count). The minimum Gasteiger partial charge on any atom is -0.322 e. The third-order valence-corrected chi connectivity index (χ3v) is 7.29. The van der Waals surface area contributed by atoms with E-state index in [0.29, 0.717) is 31.4 Å². The van der Waals surface area contributed by atoms with Crippen molar-refractivity contribution in [1.82, 2.24) is 0 Å². The number of ketones is 1. The molecule has 1 fully saturated rings. The SMILES string of the molecule is O=C1CCCC(S(=O)(=O)c2cc(C(=O)Nc3cc(F)c(F)c(F)c3)ccc2Cl)C1. The molecule has 0 bridgehead atoms. The second-order valence-corrected chi connectivity index (χ2v) is 9.26. The number of hydrogen-bond donors (Lipinski definition) is 1. The number of anilines is 1. The predicted octanol–water partition coefficient (Wildman–Crippen LogP) is 4.30. The van der Waals surface area contributed by atoms with Crippen molar-refractivity contribution in [2.75, 3.05) is 5.32 Å². The fourth-order valence-electron chi connectivity index (χ4n) is 3.12. The Morgan fingerprint density at radius 2 is 1.76 bits per heavy atom. The van der Waals surface area contributed by atoms with Crippen LogP contribution in [0.1, 0.15) is 36.0 Å². The molecule has 0 aliphatic heterocycles. The topological polar surface area (TPSA) is 80.3 Å². The first-order valence-electron chi connectivity index (χ1n) is 8.60. The van der Waals surface area contributed by atoms with E-state index in [9.17, 15) is 31.2 Å². The molecule has 1 unspecified atom stereocenters. The van der Waals surface area contributed by atoms with Gasteiger partial charge in [0.15, 0.2) is 27.3 Å². The Labute approximate surface area is 169 Å². The van der Waals surface area contributed by atoms with Crippen LogP contribution in [0, 0.1) is 17.5 Å². The Kier molecular flexibility index (Phi) is 6.00. The highest BCUT2D eigenvalue weighted by Crippen LogP contribution is 2.32. The number of nitrogens with one attached hydrogen (secondary N) is 1. The van der Waals surface area contributed by atoms with Crippen LogP contribution < -0.4 is 5.32 Å². The van der Waals surface area contributed by atoms with E-state index in [1.165, 1.54) is 12.1 Å². The molecule has 29 heavy (non-hydrogen) atoms. The molecular weight excluding hydrogens is 431 g/mol. The first kappa shape index (κ1) is 21.3. The average molecular weight is 446 g/mol. The molecule has 2 aromatic carbocycles. The van der Waals surface area contributed by atoms with Crippen LogP contribution in [0.2, 0.25) is 5.02 Å². The minimum absolute atomic E-state index is 0.113. The van der Waals surface area contributed by atoms with Gasteiger partial charge in [-0.2, -0.15) is 0 Å². The molecule has 0 aromatic heterocycles. The minimum atomic E-state index is -3.98. The second kappa shape index (κ2) is 8.16. The number of sulfone groups is 1. The third kappa shape index (κ3) is 4.45. The van der Waals surface area contributed by atoms with Crippen LogP contribution in [0.5, 0.6) is 0 Å². The lowest BCUT2D eigenvalue weighted by Crippen LogP contribution is -2.28. The number of rotatable bonds is 4. The third-order valence-electron chi connectivity index (χ3n) is 4.62. The standard InChI is InChI=1S/C19H15ClF3NO4S/c20-14-5-4-10(19(26)24-11-7-15(21)18(23)16(22)8-11)6-17(14)29(27,28)13-3-1-2-12(25)9-13/h4-8,13H,1-3,9H2,(H,24,26). The summed E-state index contributed by atoms with van der Waals surface area (Å²) >= 11 is 6.02. The summed E-state index contributed by atoms with van der Waals surface area (Å²) in [5.74, 6) is -5.67. The Morgan fingerprint density at radius 3 is 2.38 bits per heavy atom. The van der Waals surface area contributed by atoms with E-state index in [1.807, 2.05) is 0 Å². The van der Waals surface area contributed by atoms with Gasteiger partial charge in [0.1, 0.15) is 5.78 Å². The summed E-state index contributed by atoms with van der Waals surface area (Å²) in [4.78, 5) is 23.7. The van der Waals surface area contributed by atoms with Gasteiger partial charge in [0, 0.05) is 36.2 Å². The fraction of sp³-hybridized carbons (Fsp3) is 0.263. The van der Waals surface area contributed by atoms with Crippen molar-refractivity contribution in [1.29, 1.82) is 0 Å². The van der Waals surface area contributed by atoms with Crippen molar-refractivity contribution in [3.8, 4) is 0 Å². The zero-order valence-corrected chi connectivity index (χ0v) is 16.4. The smallest absolute Gasteiger partial charge is 0.255 e. The summed E-state index contributed by atoms with van der Waals surface area (Å²) < 4.78 is 65.5. The van der Waals surface area contributed by atoms with Gasteiger partial charge in [-0.15, -0.1) is 0 Å². The highest BCUT2D eigenvalue weighted by Gasteiger charge is 2.34. The Morgan fingerprint density at radius 1 is 1.10 bits per heavy atom. The average Bonchev–Trinajstić information content (AvgIpc) is 2.66. The van der Waals surface area contributed by atoms with E-state index in [0.717, 1.165) is 6.07 Å². The van der Waals surface area contributed by atoms with E-state index in [1.54, 1.807) is 0 Å². The van der Waals surface area contributed by atoms with Crippen molar-refractivity contribution in [2.24, 2.45) is 0 Å². The number of Topliss-reactive ketones (excluding diaryl/α,β-unsaturated/α-hetero) is 1. The zero-order chi connectivity index (χ0) is 21.3. The number of halogens is 4. The molecule has 0 heterocycles. The van der Waals surface area contributed by atoms with Crippen LogP contribution in [0.3, 0.4) is 0 Å². The molecule has 1 saturated carbocycles. The number of hydrogen-bond acceptors (Lipinski definition) is 4. The summed E-state index contributed by atoms with van der Waals surface area (Å²) in [5.41, 5.74) is -0.483. The fourth-order valence-corrected chi connectivity index (χ4v) is 5.44. The normalized spacial score (nSPS) is 17.2. The Hall–Kier alpha value is -2.39. The van der Waals surface area contributed by atoms with E-state index in [-0.39, 0.29) is 33.4 Å². The second-order valence-electron chi connectivity index (χ2n) is 6.66. The van der Waals surface area contributed by atoms with E-state index in [2.05, 4.69) is 5.32 Å². The molecule has 1 aliphatic carbocycles. The lowest BCUT2D eigenvalue weighted by molar-refractivity contribution is -0.120. The molecule has 2 aromatic rings. The molecule has 0 saturated heterocycles. The predicted molar refractivity (Wildman–Crippen MR) is 100 cm³/mol. The Balaban J connectivity index is 1.90. The number of benzene rings is 2. The lowest BCUT2D eigenvalue weighted by atomic mass is 9.99. The van der Waals surface area contributed by atoms with Crippen molar-refractivity contribution < 1.29 is 31.2 Å². The Bertz CT molecular complexity index is 1080. The van der Waals surface area contributed by atoms with E-state index in [4.69, 9.17) is 11.6 Å². The number of amides is 1. The van der Waals surface area contributed by atoms with Crippen molar-refractivity contribution in [3.05, 3.63) is 58.4 Å². The summed E-state index contributed by atoms with van der Waals surface area (Å²) in [6.45, 7) is 0. The maximum Gasteiger partial charge on any atom is 0.255 e. The molecule has 1 N–H and O–H groups in total.